The van der Waals surface area contributed by atoms with Gasteiger partial charge < -0.3 is 9.42 Å². The number of amides is 1. The summed E-state index contributed by atoms with van der Waals surface area (Å²) in [6.45, 7) is 7.34. The Hall–Kier alpha value is -1.96. The van der Waals surface area contributed by atoms with Crippen molar-refractivity contribution in [1.29, 1.82) is 0 Å². The summed E-state index contributed by atoms with van der Waals surface area (Å²) in [6.07, 6.45) is 1.47. The standard InChI is InChI=1S/C17H19ClN4O2S/c1-3-21(4-2)9-10-22(16(23)14-7-8-19-24-14)17-20-13-6-5-12(18)11-15(13)25-17/h5-8,11H,3-4,9-10H2,1-2H3. The molecule has 0 radical (unpaired) electrons. The molecule has 1 aromatic carbocycles. The summed E-state index contributed by atoms with van der Waals surface area (Å²) in [7, 11) is 0. The van der Waals surface area contributed by atoms with Gasteiger partial charge >= 0.3 is 0 Å². The number of likely N-dealkylation sites (N-methyl/N-ethyl adjacent to an activating group) is 1. The monoisotopic (exact) mass is 378 g/mol. The largest absolute Gasteiger partial charge is 0.351 e. The summed E-state index contributed by atoms with van der Waals surface area (Å²) in [5.41, 5.74) is 0.822. The van der Waals surface area contributed by atoms with Gasteiger partial charge in [-0.2, -0.15) is 0 Å². The van der Waals surface area contributed by atoms with Gasteiger partial charge in [-0.25, -0.2) is 4.98 Å². The highest BCUT2D eigenvalue weighted by Crippen LogP contribution is 2.31. The first-order valence-corrected chi connectivity index (χ1v) is 9.32. The van der Waals surface area contributed by atoms with Gasteiger partial charge in [-0.05, 0) is 31.3 Å². The second kappa shape index (κ2) is 7.95. The molecule has 8 heteroatoms. The van der Waals surface area contributed by atoms with Gasteiger partial charge in [0.15, 0.2) is 5.13 Å². The van der Waals surface area contributed by atoms with Crippen LogP contribution in [-0.4, -0.2) is 47.1 Å². The first kappa shape index (κ1) is 17.8. The maximum absolute atomic E-state index is 12.9. The molecule has 0 aliphatic heterocycles. The topological polar surface area (TPSA) is 62.5 Å². The third-order valence-electron chi connectivity index (χ3n) is 4.00. The van der Waals surface area contributed by atoms with E-state index in [0.29, 0.717) is 16.7 Å². The first-order chi connectivity index (χ1) is 12.1. The smallest absolute Gasteiger partial charge is 0.298 e. The molecule has 0 fully saturated rings. The highest BCUT2D eigenvalue weighted by atomic mass is 35.5. The SMILES string of the molecule is CCN(CC)CCN(C(=O)c1ccno1)c1nc2ccc(Cl)cc2s1. The summed E-state index contributed by atoms with van der Waals surface area (Å²) in [5.74, 6) is -0.0355. The lowest BCUT2D eigenvalue weighted by Crippen LogP contribution is -2.38. The van der Waals surface area contributed by atoms with E-state index < -0.39 is 0 Å². The van der Waals surface area contributed by atoms with Crippen LogP contribution in [0.3, 0.4) is 0 Å². The molecule has 0 aliphatic carbocycles. The quantitative estimate of drug-likeness (QED) is 0.623. The number of thiazole rings is 1. The molecule has 0 bridgehead atoms. The molecule has 0 N–H and O–H groups in total. The Labute approximate surface area is 155 Å². The normalized spacial score (nSPS) is 11.4. The van der Waals surface area contributed by atoms with Crippen LogP contribution in [0.15, 0.2) is 35.0 Å². The number of nitrogens with zero attached hydrogens (tertiary/aromatic N) is 4. The molecular weight excluding hydrogens is 360 g/mol. The van der Waals surface area contributed by atoms with E-state index in [9.17, 15) is 4.79 Å². The van der Waals surface area contributed by atoms with Crippen LogP contribution in [0.5, 0.6) is 0 Å². The number of halogens is 1. The molecule has 0 unspecified atom stereocenters. The maximum atomic E-state index is 12.9. The molecule has 0 spiro atoms. The Morgan fingerprint density at radius 3 is 2.72 bits per heavy atom. The first-order valence-electron chi connectivity index (χ1n) is 8.13. The van der Waals surface area contributed by atoms with Crippen molar-refractivity contribution >= 4 is 44.2 Å². The Bertz CT molecular complexity index is 846. The van der Waals surface area contributed by atoms with Gasteiger partial charge in [-0.3, -0.25) is 9.69 Å². The molecule has 0 aliphatic rings. The molecule has 0 atom stereocenters. The van der Waals surface area contributed by atoms with Crippen LogP contribution in [-0.2, 0) is 0 Å². The van der Waals surface area contributed by atoms with E-state index in [1.807, 2.05) is 12.1 Å². The van der Waals surface area contributed by atoms with Crippen LogP contribution < -0.4 is 4.90 Å². The summed E-state index contributed by atoms with van der Waals surface area (Å²) in [6, 6.07) is 7.08. The number of anilines is 1. The molecule has 1 amide bonds. The van der Waals surface area contributed by atoms with E-state index >= 15 is 0 Å². The predicted molar refractivity (Wildman–Crippen MR) is 101 cm³/mol. The van der Waals surface area contributed by atoms with Crippen LogP contribution in [0.1, 0.15) is 24.4 Å². The molecule has 132 valence electrons. The van der Waals surface area contributed by atoms with Crippen molar-refractivity contribution in [3.63, 3.8) is 0 Å². The number of hydrogen-bond donors (Lipinski definition) is 0. The molecule has 6 nitrogen and oxygen atoms in total. The van der Waals surface area contributed by atoms with Crippen LogP contribution >= 0.6 is 22.9 Å². The zero-order valence-corrected chi connectivity index (χ0v) is 15.7. The molecule has 3 aromatic rings. The van der Waals surface area contributed by atoms with Crippen molar-refractivity contribution in [3.05, 3.63) is 41.2 Å². The Kier molecular flexibility index (Phi) is 5.67. The lowest BCUT2D eigenvalue weighted by atomic mass is 10.3. The average molecular weight is 379 g/mol. The minimum absolute atomic E-state index is 0.205. The van der Waals surface area contributed by atoms with E-state index in [1.165, 1.54) is 17.5 Å². The Balaban J connectivity index is 1.92. The van der Waals surface area contributed by atoms with Crippen LogP contribution in [0.25, 0.3) is 10.2 Å². The van der Waals surface area contributed by atoms with Gasteiger partial charge in [-0.1, -0.05) is 41.9 Å². The number of hydrogen-bond acceptors (Lipinski definition) is 6. The zero-order chi connectivity index (χ0) is 17.8. The number of carbonyl (C=O) groups excluding carboxylic acids is 1. The fourth-order valence-corrected chi connectivity index (χ4v) is 3.79. The van der Waals surface area contributed by atoms with E-state index in [2.05, 4.69) is 28.9 Å². The summed E-state index contributed by atoms with van der Waals surface area (Å²) in [4.78, 5) is 21.4. The summed E-state index contributed by atoms with van der Waals surface area (Å²) < 4.78 is 6.00. The van der Waals surface area contributed by atoms with Crippen LogP contribution in [0.2, 0.25) is 5.02 Å². The highest BCUT2D eigenvalue weighted by Gasteiger charge is 2.24. The van der Waals surface area contributed by atoms with Gasteiger partial charge in [0.1, 0.15) is 0 Å². The van der Waals surface area contributed by atoms with E-state index in [-0.39, 0.29) is 11.7 Å². The lowest BCUT2D eigenvalue weighted by Gasteiger charge is -2.23. The van der Waals surface area contributed by atoms with Crippen molar-refractivity contribution in [2.75, 3.05) is 31.1 Å². The molecule has 25 heavy (non-hydrogen) atoms. The average Bonchev–Trinajstić information content (AvgIpc) is 3.27. The number of fused-ring (bicyclic) bond motifs is 1. The van der Waals surface area contributed by atoms with Gasteiger partial charge in [0.25, 0.3) is 5.91 Å². The van der Waals surface area contributed by atoms with Crippen molar-refractivity contribution in [1.82, 2.24) is 15.0 Å². The predicted octanol–water partition coefficient (Wildman–Crippen LogP) is 3.93. The molecule has 0 saturated carbocycles. The van der Waals surface area contributed by atoms with Gasteiger partial charge in [-0.15, -0.1) is 0 Å². The van der Waals surface area contributed by atoms with Gasteiger partial charge in [0, 0.05) is 24.2 Å². The number of rotatable bonds is 7. The third-order valence-corrected chi connectivity index (χ3v) is 5.27. The van der Waals surface area contributed by atoms with Crippen molar-refractivity contribution in [2.45, 2.75) is 13.8 Å². The number of carbonyl (C=O) groups is 1. The molecule has 3 rings (SSSR count). The van der Waals surface area contributed by atoms with E-state index in [0.717, 1.165) is 29.9 Å². The second-order valence-electron chi connectivity index (χ2n) is 5.47. The van der Waals surface area contributed by atoms with Crippen LogP contribution in [0.4, 0.5) is 5.13 Å². The summed E-state index contributed by atoms with van der Waals surface area (Å²) >= 11 is 7.50. The Morgan fingerprint density at radius 1 is 1.24 bits per heavy atom. The molecule has 2 heterocycles. The Morgan fingerprint density at radius 2 is 2.04 bits per heavy atom. The van der Waals surface area contributed by atoms with Crippen molar-refractivity contribution < 1.29 is 9.32 Å². The number of benzene rings is 1. The maximum Gasteiger partial charge on any atom is 0.298 e. The fourth-order valence-electron chi connectivity index (χ4n) is 2.53. The lowest BCUT2D eigenvalue weighted by molar-refractivity contribution is 0.0948. The van der Waals surface area contributed by atoms with Crippen LogP contribution in [0, 0.1) is 0 Å². The van der Waals surface area contributed by atoms with E-state index in [1.54, 1.807) is 17.0 Å². The third kappa shape index (κ3) is 4.00. The zero-order valence-electron chi connectivity index (χ0n) is 14.1. The van der Waals surface area contributed by atoms with Crippen molar-refractivity contribution in [2.24, 2.45) is 0 Å². The number of aromatic nitrogens is 2. The van der Waals surface area contributed by atoms with Gasteiger partial charge in [0.2, 0.25) is 5.76 Å². The van der Waals surface area contributed by atoms with E-state index in [4.69, 9.17) is 16.1 Å². The molecule has 0 saturated heterocycles. The van der Waals surface area contributed by atoms with Crippen molar-refractivity contribution in [3.8, 4) is 0 Å². The minimum Gasteiger partial charge on any atom is -0.351 e. The minimum atomic E-state index is -0.241. The second-order valence-corrected chi connectivity index (χ2v) is 6.91. The fraction of sp³-hybridized carbons (Fsp3) is 0.353. The summed E-state index contributed by atoms with van der Waals surface area (Å²) in [5, 5.41) is 4.92. The molecular formula is C17H19ClN4O2S. The molecule has 2 aromatic heterocycles. The van der Waals surface area contributed by atoms with Gasteiger partial charge in [0.05, 0.1) is 16.4 Å². The highest BCUT2D eigenvalue weighted by molar-refractivity contribution is 7.22.